The third-order valence-corrected chi connectivity index (χ3v) is 2.83. The Bertz CT molecular complexity index is 451. The number of rotatable bonds is 5. The van der Waals surface area contributed by atoms with Crippen molar-refractivity contribution in [2.24, 2.45) is 0 Å². The summed E-state index contributed by atoms with van der Waals surface area (Å²) in [6.07, 6.45) is 0. The minimum absolute atomic E-state index is 0.0749. The largest absolute Gasteiger partial charge is 0.435 e. The van der Waals surface area contributed by atoms with E-state index >= 15 is 0 Å². The summed E-state index contributed by atoms with van der Waals surface area (Å²) in [4.78, 5) is 11.8. The average Bonchev–Trinajstić information content (AvgIpc) is 2.45. The first-order valence-corrected chi connectivity index (χ1v) is 6.28. The molecule has 110 valence electrons. The van der Waals surface area contributed by atoms with Gasteiger partial charge in [-0.05, 0) is 17.7 Å². The van der Waals surface area contributed by atoms with Gasteiger partial charge < -0.3 is 20.1 Å². The first-order valence-electron chi connectivity index (χ1n) is 6.28. The van der Waals surface area contributed by atoms with Crippen LogP contribution in [0.15, 0.2) is 24.3 Å². The van der Waals surface area contributed by atoms with Crippen molar-refractivity contribution in [3.63, 3.8) is 0 Å². The van der Waals surface area contributed by atoms with Crippen molar-refractivity contribution in [2.45, 2.75) is 19.2 Å². The maximum atomic E-state index is 12.1. The molecule has 1 aliphatic heterocycles. The molecule has 1 unspecified atom stereocenters. The van der Waals surface area contributed by atoms with Crippen molar-refractivity contribution in [1.82, 2.24) is 10.6 Å². The van der Waals surface area contributed by atoms with Crippen LogP contribution in [0.5, 0.6) is 5.75 Å². The molecule has 1 saturated heterocycles. The Kier molecular flexibility index (Phi) is 5.25. The van der Waals surface area contributed by atoms with Crippen molar-refractivity contribution >= 4 is 5.91 Å². The third-order valence-electron chi connectivity index (χ3n) is 2.83. The van der Waals surface area contributed by atoms with Crippen LogP contribution in [0.4, 0.5) is 8.78 Å². The van der Waals surface area contributed by atoms with Gasteiger partial charge in [-0.1, -0.05) is 12.1 Å². The first kappa shape index (κ1) is 14.7. The fourth-order valence-electron chi connectivity index (χ4n) is 1.88. The van der Waals surface area contributed by atoms with Gasteiger partial charge in [-0.2, -0.15) is 8.78 Å². The standard InChI is InChI=1S/C13H16F2N2O3/c14-13(15)20-10-3-1-2-9(6-10)7-17-12(18)11-8-19-5-4-16-11/h1-3,6,11,13,16H,4-5,7-8H2,(H,17,18). The van der Waals surface area contributed by atoms with E-state index in [2.05, 4.69) is 15.4 Å². The number of carbonyl (C=O) groups excluding carboxylic acids is 1. The Morgan fingerprint density at radius 3 is 3.10 bits per heavy atom. The maximum absolute atomic E-state index is 12.1. The second kappa shape index (κ2) is 7.16. The monoisotopic (exact) mass is 286 g/mol. The molecular formula is C13H16F2N2O3. The molecule has 7 heteroatoms. The van der Waals surface area contributed by atoms with Crippen molar-refractivity contribution in [3.8, 4) is 5.75 Å². The summed E-state index contributed by atoms with van der Waals surface area (Å²) in [5.41, 5.74) is 0.688. The fourth-order valence-corrected chi connectivity index (χ4v) is 1.88. The topological polar surface area (TPSA) is 59.6 Å². The van der Waals surface area contributed by atoms with Gasteiger partial charge in [0.2, 0.25) is 5.91 Å². The van der Waals surface area contributed by atoms with Gasteiger partial charge in [0.25, 0.3) is 0 Å². The molecule has 1 atom stereocenters. The lowest BCUT2D eigenvalue weighted by Gasteiger charge is -2.22. The summed E-state index contributed by atoms with van der Waals surface area (Å²) < 4.78 is 33.7. The van der Waals surface area contributed by atoms with E-state index in [-0.39, 0.29) is 24.2 Å². The summed E-state index contributed by atoms with van der Waals surface area (Å²) >= 11 is 0. The quantitative estimate of drug-likeness (QED) is 0.844. The first-order chi connectivity index (χ1) is 9.65. The van der Waals surface area contributed by atoms with Gasteiger partial charge in [0, 0.05) is 13.1 Å². The molecule has 0 saturated carbocycles. The summed E-state index contributed by atoms with van der Waals surface area (Å²) in [7, 11) is 0. The molecule has 20 heavy (non-hydrogen) atoms. The number of hydrogen-bond donors (Lipinski definition) is 2. The second-order valence-corrected chi connectivity index (χ2v) is 4.33. The summed E-state index contributed by atoms with van der Waals surface area (Å²) in [5, 5.41) is 5.76. The molecule has 0 aliphatic carbocycles. The Hall–Kier alpha value is -1.73. The van der Waals surface area contributed by atoms with E-state index in [1.165, 1.54) is 12.1 Å². The number of carbonyl (C=O) groups is 1. The zero-order valence-electron chi connectivity index (χ0n) is 10.8. The van der Waals surface area contributed by atoms with Crippen LogP contribution < -0.4 is 15.4 Å². The van der Waals surface area contributed by atoms with E-state index in [0.29, 0.717) is 25.3 Å². The van der Waals surface area contributed by atoms with E-state index in [1.807, 2.05) is 0 Å². The second-order valence-electron chi connectivity index (χ2n) is 4.33. The van der Waals surface area contributed by atoms with E-state index in [0.717, 1.165) is 0 Å². The Balaban J connectivity index is 1.85. The molecule has 0 radical (unpaired) electrons. The zero-order valence-corrected chi connectivity index (χ0v) is 10.8. The van der Waals surface area contributed by atoms with Crippen LogP contribution in [0.1, 0.15) is 5.56 Å². The predicted molar refractivity (Wildman–Crippen MR) is 67.5 cm³/mol. The molecule has 1 aromatic carbocycles. The molecule has 1 aromatic rings. The lowest BCUT2D eigenvalue weighted by Crippen LogP contribution is -2.51. The van der Waals surface area contributed by atoms with Crippen LogP contribution in [-0.2, 0) is 16.1 Å². The van der Waals surface area contributed by atoms with Gasteiger partial charge >= 0.3 is 6.61 Å². The van der Waals surface area contributed by atoms with E-state index in [4.69, 9.17) is 4.74 Å². The normalized spacial score (nSPS) is 18.9. The number of halogens is 2. The van der Waals surface area contributed by atoms with Crippen LogP contribution in [0, 0.1) is 0 Å². The van der Waals surface area contributed by atoms with Gasteiger partial charge in [-0.15, -0.1) is 0 Å². The highest BCUT2D eigenvalue weighted by atomic mass is 19.3. The van der Waals surface area contributed by atoms with Gasteiger partial charge in [0.05, 0.1) is 13.2 Å². The molecular weight excluding hydrogens is 270 g/mol. The highest BCUT2D eigenvalue weighted by Crippen LogP contribution is 2.15. The molecule has 1 aliphatic rings. The van der Waals surface area contributed by atoms with Crippen LogP contribution in [0.3, 0.4) is 0 Å². The Morgan fingerprint density at radius 2 is 2.40 bits per heavy atom. The minimum atomic E-state index is -2.86. The molecule has 1 amide bonds. The Labute approximate surface area is 115 Å². The van der Waals surface area contributed by atoms with Gasteiger partial charge in [0.15, 0.2) is 0 Å². The highest BCUT2D eigenvalue weighted by Gasteiger charge is 2.20. The SMILES string of the molecule is O=C(NCc1cccc(OC(F)F)c1)C1COCCN1. The zero-order chi connectivity index (χ0) is 14.4. The van der Waals surface area contributed by atoms with Crippen molar-refractivity contribution in [3.05, 3.63) is 29.8 Å². The van der Waals surface area contributed by atoms with Crippen LogP contribution in [0.2, 0.25) is 0 Å². The third kappa shape index (κ3) is 4.43. The van der Waals surface area contributed by atoms with Crippen LogP contribution >= 0.6 is 0 Å². The lowest BCUT2D eigenvalue weighted by molar-refractivity contribution is -0.126. The van der Waals surface area contributed by atoms with Gasteiger partial charge in [0.1, 0.15) is 11.8 Å². The number of alkyl halides is 2. The van der Waals surface area contributed by atoms with Crippen molar-refractivity contribution < 1.29 is 23.0 Å². The van der Waals surface area contributed by atoms with Crippen LogP contribution in [-0.4, -0.2) is 38.3 Å². The predicted octanol–water partition coefficient (Wildman–Crippen LogP) is 0.893. The van der Waals surface area contributed by atoms with Crippen molar-refractivity contribution in [1.29, 1.82) is 0 Å². The molecule has 5 nitrogen and oxygen atoms in total. The average molecular weight is 286 g/mol. The summed E-state index contributed by atoms with van der Waals surface area (Å²) in [5.74, 6) is -0.101. The van der Waals surface area contributed by atoms with Gasteiger partial charge in [-0.25, -0.2) is 0 Å². The number of ether oxygens (including phenoxy) is 2. The smallest absolute Gasteiger partial charge is 0.387 e. The fraction of sp³-hybridized carbons (Fsp3) is 0.462. The molecule has 0 bridgehead atoms. The number of hydrogen-bond acceptors (Lipinski definition) is 4. The number of nitrogens with one attached hydrogen (secondary N) is 2. The number of amides is 1. The van der Waals surface area contributed by atoms with Gasteiger partial charge in [-0.3, -0.25) is 4.79 Å². The molecule has 2 N–H and O–H groups in total. The molecule has 0 spiro atoms. The maximum Gasteiger partial charge on any atom is 0.387 e. The molecule has 1 fully saturated rings. The molecule has 2 rings (SSSR count). The van der Waals surface area contributed by atoms with Crippen LogP contribution in [0.25, 0.3) is 0 Å². The van der Waals surface area contributed by atoms with E-state index in [9.17, 15) is 13.6 Å². The number of benzene rings is 1. The lowest BCUT2D eigenvalue weighted by atomic mass is 10.2. The summed E-state index contributed by atoms with van der Waals surface area (Å²) in [6.45, 7) is -1.05. The Morgan fingerprint density at radius 1 is 1.55 bits per heavy atom. The minimum Gasteiger partial charge on any atom is -0.435 e. The summed E-state index contributed by atoms with van der Waals surface area (Å²) in [6, 6.07) is 5.86. The van der Waals surface area contributed by atoms with E-state index < -0.39 is 6.61 Å². The van der Waals surface area contributed by atoms with Crippen molar-refractivity contribution in [2.75, 3.05) is 19.8 Å². The molecule has 0 aromatic heterocycles. The highest BCUT2D eigenvalue weighted by molar-refractivity contribution is 5.81. The number of morpholine rings is 1. The van der Waals surface area contributed by atoms with E-state index in [1.54, 1.807) is 12.1 Å². The molecule has 1 heterocycles.